The molecule has 0 rings (SSSR count). The van der Waals surface area contributed by atoms with E-state index in [-0.39, 0.29) is 0 Å². The molecule has 0 aromatic rings. The van der Waals surface area contributed by atoms with Crippen molar-refractivity contribution >= 4 is 10.4 Å². The van der Waals surface area contributed by atoms with Gasteiger partial charge in [-0.2, -0.15) is 0 Å². The van der Waals surface area contributed by atoms with Gasteiger partial charge in [-0.15, -0.1) is 14.5 Å². The van der Waals surface area contributed by atoms with E-state index in [4.69, 9.17) is 24.0 Å². The predicted molar refractivity (Wildman–Crippen MR) is 78.9 cm³/mol. The van der Waals surface area contributed by atoms with Crippen molar-refractivity contribution in [2.24, 2.45) is 0 Å². The first-order valence-corrected chi connectivity index (χ1v) is 8.66. The van der Waals surface area contributed by atoms with Crippen LogP contribution in [0.15, 0.2) is 0 Å². The molecule has 0 aliphatic rings. The largest absolute Gasteiger partial charge is 0.726 e. The van der Waals surface area contributed by atoms with E-state index < -0.39 is 21.8 Å². The molecule has 0 saturated carbocycles. The zero-order chi connectivity index (χ0) is 18.4. The number of rotatable bonds is 12. The smallest absolute Gasteiger partial charge is 0.406 e. The Balaban J connectivity index is 0. The summed E-state index contributed by atoms with van der Waals surface area (Å²) in [5.74, 6) is 0. The van der Waals surface area contributed by atoms with Crippen LogP contribution in [-0.2, 0) is 38.6 Å². The van der Waals surface area contributed by atoms with Gasteiger partial charge in [0.15, 0.2) is 4.97 Å². The Bertz CT molecular complexity index is 341. The third-order valence-electron chi connectivity index (χ3n) is 2.01. The van der Waals surface area contributed by atoms with Gasteiger partial charge < -0.3 is 4.55 Å². The Hall–Kier alpha value is -0.370. The van der Waals surface area contributed by atoms with Crippen molar-refractivity contribution in [2.45, 2.75) is 41.0 Å². The average Bonchev–Trinajstić information content (AvgIpc) is 2.47. The van der Waals surface area contributed by atoms with Crippen LogP contribution in [-0.4, -0.2) is 64.5 Å². The van der Waals surface area contributed by atoms with Gasteiger partial charge >= 0.3 is 6.41 Å². The number of hydrogen-bond acceptors (Lipinski definition) is 9. The van der Waals surface area contributed by atoms with Gasteiger partial charge in [0.1, 0.15) is 19.8 Å². The summed E-state index contributed by atoms with van der Waals surface area (Å²) in [6.07, 6.45) is -0.746. The summed E-state index contributed by atoms with van der Waals surface area (Å²) in [5, 5.41) is 0. The standard InChI is InChI=1S/C11H26NO5.CH4O4S/c1-6-13-11(14-7-2)12(15-8-3,16-9-4)17-10-5;1-5-6(2,3)4/h11H,6-10H2,1-5H3;1H3,(H,2,3,4)/q+1;/p-1. The highest BCUT2D eigenvalue weighted by atomic mass is 32.3. The van der Waals surface area contributed by atoms with Gasteiger partial charge in [-0.1, -0.05) is 0 Å². The minimum atomic E-state index is -4.41. The Morgan fingerprint density at radius 3 is 1.30 bits per heavy atom. The van der Waals surface area contributed by atoms with Crippen LogP contribution >= 0.6 is 0 Å². The van der Waals surface area contributed by atoms with E-state index in [9.17, 15) is 13.0 Å². The molecule has 0 N–H and O–H groups in total. The van der Waals surface area contributed by atoms with E-state index in [1.165, 1.54) is 0 Å². The predicted octanol–water partition coefficient (Wildman–Crippen LogP) is 1.11. The molecule has 0 radical (unpaired) electrons. The van der Waals surface area contributed by atoms with E-state index in [1.54, 1.807) is 0 Å². The second-order valence-corrected chi connectivity index (χ2v) is 4.74. The van der Waals surface area contributed by atoms with Crippen molar-refractivity contribution in [3.63, 3.8) is 0 Å². The monoisotopic (exact) mass is 363 g/mol. The summed E-state index contributed by atoms with van der Waals surface area (Å²) in [7, 11) is -3.60. The molecular formula is C12H29NO9S. The van der Waals surface area contributed by atoms with Crippen LogP contribution in [0.25, 0.3) is 0 Å². The number of hydroxylamine groups is 3. The molecule has 0 amide bonds. The molecule has 0 aliphatic carbocycles. The summed E-state index contributed by atoms with van der Waals surface area (Å²) >= 11 is 0. The van der Waals surface area contributed by atoms with Crippen LogP contribution in [0.2, 0.25) is 0 Å². The molecule has 0 bridgehead atoms. The molecule has 10 nitrogen and oxygen atoms in total. The average molecular weight is 363 g/mol. The maximum atomic E-state index is 9.22. The van der Waals surface area contributed by atoms with E-state index in [2.05, 4.69) is 4.18 Å². The molecule has 142 valence electrons. The van der Waals surface area contributed by atoms with Crippen molar-refractivity contribution in [1.29, 1.82) is 0 Å². The van der Waals surface area contributed by atoms with Crippen molar-refractivity contribution in [2.75, 3.05) is 40.1 Å². The molecule has 0 aliphatic heterocycles. The Morgan fingerprint density at radius 1 is 0.826 bits per heavy atom. The molecule has 0 saturated heterocycles. The molecule has 0 heterocycles. The second kappa shape index (κ2) is 14.0. The highest BCUT2D eigenvalue weighted by Crippen LogP contribution is 2.20. The lowest BCUT2D eigenvalue weighted by Crippen LogP contribution is -2.57. The summed E-state index contributed by atoms with van der Waals surface area (Å²) in [6.45, 7) is 11.6. The van der Waals surface area contributed by atoms with E-state index in [0.29, 0.717) is 33.0 Å². The van der Waals surface area contributed by atoms with Crippen LogP contribution in [0.4, 0.5) is 0 Å². The SMILES string of the molecule is CCOC(OCC)[N+](OCC)(OCC)OCC.COS(=O)(=O)[O-]. The fraction of sp³-hybridized carbons (Fsp3) is 1.00. The molecule has 23 heavy (non-hydrogen) atoms. The third-order valence-corrected chi connectivity index (χ3v) is 2.42. The normalized spacial score (nSPS) is 12.2. The first kappa shape index (κ1) is 24.9. The summed E-state index contributed by atoms with van der Waals surface area (Å²) in [6, 6.07) is 0. The van der Waals surface area contributed by atoms with Crippen LogP contribution in [0.3, 0.4) is 0 Å². The fourth-order valence-electron chi connectivity index (χ4n) is 1.35. The van der Waals surface area contributed by atoms with Gasteiger partial charge in [0.2, 0.25) is 10.4 Å². The molecule has 0 atom stereocenters. The van der Waals surface area contributed by atoms with Crippen molar-refractivity contribution in [3.05, 3.63) is 0 Å². The second-order valence-electron chi connectivity index (χ2n) is 3.59. The van der Waals surface area contributed by atoms with Gasteiger partial charge in [-0.25, -0.2) is 8.42 Å². The molecule has 0 spiro atoms. The van der Waals surface area contributed by atoms with Crippen LogP contribution in [0, 0.1) is 0 Å². The van der Waals surface area contributed by atoms with Gasteiger partial charge in [-0.05, 0) is 34.6 Å². The Kier molecular flexibility index (Phi) is 15.2. The summed E-state index contributed by atoms with van der Waals surface area (Å²) in [5.41, 5.74) is 0. The Labute approximate surface area is 138 Å². The fourth-order valence-corrected chi connectivity index (χ4v) is 1.35. The summed E-state index contributed by atoms with van der Waals surface area (Å²) < 4.78 is 42.0. The summed E-state index contributed by atoms with van der Waals surface area (Å²) in [4.78, 5) is 16.0. The maximum absolute atomic E-state index is 9.22. The minimum absolute atomic E-state index is 0.427. The van der Waals surface area contributed by atoms with Crippen LogP contribution < -0.4 is 0 Å². The first-order chi connectivity index (χ1) is 10.8. The quantitative estimate of drug-likeness (QED) is 0.165. The zero-order valence-corrected chi connectivity index (χ0v) is 15.5. The lowest BCUT2D eigenvalue weighted by Gasteiger charge is -2.32. The Morgan fingerprint density at radius 2 is 1.13 bits per heavy atom. The zero-order valence-electron chi connectivity index (χ0n) is 14.6. The molecular weight excluding hydrogens is 334 g/mol. The number of quaternary nitrogens is 1. The van der Waals surface area contributed by atoms with Gasteiger partial charge in [-0.3, -0.25) is 13.7 Å². The number of ether oxygens (including phenoxy) is 2. The molecule has 0 fully saturated rings. The molecule has 0 unspecified atom stereocenters. The van der Waals surface area contributed by atoms with E-state index in [1.807, 2.05) is 34.6 Å². The molecule has 0 aromatic carbocycles. The lowest BCUT2D eigenvalue weighted by atomic mass is 10.8. The van der Waals surface area contributed by atoms with Crippen LogP contribution in [0.5, 0.6) is 0 Å². The third kappa shape index (κ3) is 11.8. The molecule has 11 heteroatoms. The maximum Gasteiger partial charge on any atom is 0.406 e. The molecule has 0 aromatic heterocycles. The number of nitrogens with zero attached hydrogens (tertiary/aromatic N) is 1. The van der Waals surface area contributed by atoms with E-state index >= 15 is 0 Å². The highest BCUT2D eigenvalue weighted by Gasteiger charge is 2.46. The minimum Gasteiger partial charge on any atom is -0.726 e. The van der Waals surface area contributed by atoms with Crippen LogP contribution in [0.1, 0.15) is 34.6 Å². The lowest BCUT2D eigenvalue weighted by molar-refractivity contribution is -1.40. The van der Waals surface area contributed by atoms with Gasteiger partial charge in [0, 0.05) is 0 Å². The topological polar surface area (TPSA) is 113 Å². The van der Waals surface area contributed by atoms with Crippen molar-refractivity contribution < 1.29 is 46.1 Å². The first-order valence-electron chi connectivity index (χ1n) is 7.33. The van der Waals surface area contributed by atoms with Crippen molar-refractivity contribution in [1.82, 2.24) is 0 Å². The van der Waals surface area contributed by atoms with Crippen molar-refractivity contribution in [3.8, 4) is 0 Å². The highest BCUT2D eigenvalue weighted by molar-refractivity contribution is 7.80. The van der Waals surface area contributed by atoms with E-state index in [0.717, 1.165) is 7.11 Å². The van der Waals surface area contributed by atoms with Gasteiger partial charge in [0.05, 0.1) is 20.3 Å². The number of hydrogen-bond donors (Lipinski definition) is 0. The van der Waals surface area contributed by atoms with Gasteiger partial charge in [0.25, 0.3) is 0 Å².